The van der Waals surface area contributed by atoms with Gasteiger partial charge in [0.15, 0.2) is 0 Å². The van der Waals surface area contributed by atoms with Crippen LogP contribution in [0, 0.1) is 0 Å². The Balaban J connectivity index is 2.54. The SMILES string of the molecule is C=Cc1c(/C=B\C)c(-c2ccccc2)c2ccccc2c1Br. The van der Waals surface area contributed by atoms with Crippen LogP contribution in [0.2, 0.25) is 6.82 Å². The van der Waals surface area contributed by atoms with Gasteiger partial charge in [-0.15, -0.1) is 0 Å². The predicted octanol–water partition coefficient (Wildman–Crippen LogP) is 5.81. The summed E-state index contributed by atoms with van der Waals surface area (Å²) < 4.78 is 1.10. The third-order valence-electron chi connectivity index (χ3n) is 3.83. The first-order valence-electron chi connectivity index (χ1n) is 7.32. The number of fused-ring (bicyclic) bond motifs is 1. The zero-order valence-corrected chi connectivity index (χ0v) is 14.1. The van der Waals surface area contributed by atoms with Crippen molar-refractivity contribution in [2.75, 3.05) is 0 Å². The third kappa shape index (κ3) is 2.48. The maximum atomic E-state index is 4.01. The van der Waals surface area contributed by atoms with Gasteiger partial charge in [-0.2, -0.15) is 0 Å². The van der Waals surface area contributed by atoms with Crippen molar-refractivity contribution in [2.24, 2.45) is 0 Å². The Morgan fingerprint density at radius 2 is 1.55 bits per heavy atom. The van der Waals surface area contributed by atoms with Gasteiger partial charge in [-0.3, -0.25) is 0 Å². The topological polar surface area (TPSA) is 0 Å². The molecule has 3 aromatic rings. The molecule has 0 radical (unpaired) electrons. The van der Waals surface area contributed by atoms with Crippen molar-refractivity contribution in [3.8, 4) is 11.1 Å². The fourth-order valence-corrected chi connectivity index (χ4v) is 3.61. The number of benzene rings is 3. The summed E-state index contributed by atoms with van der Waals surface area (Å²) in [4.78, 5) is 0. The Morgan fingerprint density at radius 1 is 0.909 bits per heavy atom. The molecule has 0 amide bonds. The Morgan fingerprint density at radius 3 is 2.18 bits per heavy atom. The van der Waals surface area contributed by atoms with E-state index < -0.39 is 0 Å². The fraction of sp³-hybridized carbons (Fsp3) is 0.0500. The molecule has 0 atom stereocenters. The van der Waals surface area contributed by atoms with Crippen molar-refractivity contribution in [3.63, 3.8) is 0 Å². The minimum absolute atomic E-state index is 1.10. The number of hydrogen-bond donors (Lipinski definition) is 0. The van der Waals surface area contributed by atoms with Crippen LogP contribution in [0.3, 0.4) is 0 Å². The van der Waals surface area contributed by atoms with Gasteiger partial charge in [-0.1, -0.05) is 0 Å². The molecule has 106 valence electrons. The van der Waals surface area contributed by atoms with Crippen molar-refractivity contribution < 1.29 is 0 Å². The van der Waals surface area contributed by atoms with Gasteiger partial charge < -0.3 is 0 Å². The van der Waals surface area contributed by atoms with Crippen molar-refractivity contribution in [2.45, 2.75) is 6.82 Å². The molecule has 0 aromatic heterocycles. The normalized spacial score (nSPS) is 10.8. The summed E-state index contributed by atoms with van der Waals surface area (Å²) in [6, 6.07) is 19.0. The molecule has 0 N–H and O–H groups in total. The molecule has 0 aliphatic carbocycles. The van der Waals surface area contributed by atoms with E-state index in [2.05, 4.69) is 83.9 Å². The Labute approximate surface area is 140 Å². The second-order valence-corrected chi connectivity index (χ2v) is 5.93. The van der Waals surface area contributed by atoms with Crippen LogP contribution in [0.5, 0.6) is 0 Å². The zero-order valence-electron chi connectivity index (χ0n) is 12.5. The zero-order chi connectivity index (χ0) is 15.5. The second kappa shape index (κ2) is 6.45. The summed E-state index contributed by atoms with van der Waals surface area (Å²) in [5.74, 6) is 2.16. The Bertz CT molecular complexity index is 864. The molecular formula is C20H16BBr. The van der Waals surface area contributed by atoms with E-state index in [0.29, 0.717) is 0 Å². The second-order valence-electron chi connectivity index (χ2n) is 5.13. The van der Waals surface area contributed by atoms with E-state index in [1.54, 1.807) is 0 Å². The summed E-state index contributed by atoms with van der Waals surface area (Å²) in [5.41, 5.74) is 4.82. The van der Waals surface area contributed by atoms with Gasteiger partial charge in [0, 0.05) is 0 Å². The molecule has 0 saturated carbocycles. The van der Waals surface area contributed by atoms with Crippen LogP contribution in [0.15, 0.2) is 65.6 Å². The van der Waals surface area contributed by atoms with E-state index >= 15 is 0 Å². The number of halogens is 1. The van der Waals surface area contributed by atoms with Crippen molar-refractivity contribution >= 4 is 45.7 Å². The number of hydrogen-bond acceptors (Lipinski definition) is 0. The molecule has 3 rings (SSSR count). The molecule has 0 aliphatic rings. The third-order valence-corrected chi connectivity index (χ3v) is 4.68. The first-order chi connectivity index (χ1) is 10.8. The molecule has 0 fully saturated rings. The molecule has 0 unspecified atom stereocenters. The van der Waals surface area contributed by atoms with Crippen LogP contribution >= 0.6 is 15.9 Å². The first-order valence-corrected chi connectivity index (χ1v) is 8.12. The van der Waals surface area contributed by atoms with Crippen LogP contribution in [0.25, 0.3) is 28.0 Å². The van der Waals surface area contributed by atoms with Crippen molar-refractivity contribution in [1.82, 2.24) is 0 Å². The average Bonchev–Trinajstić information content (AvgIpc) is 2.57. The van der Waals surface area contributed by atoms with Gasteiger partial charge in [-0.25, -0.2) is 0 Å². The van der Waals surface area contributed by atoms with Crippen molar-refractivity contribution in [1.29, 1.82) is 0 Å². The molecule has 0 spiro atoms. The summed E-state index contributed by atoms with van der Waals surface area (Å²) in [7, 11) is 0. The molecular weight excluding hydrogens is 331 g/mol. The van der Waals surface area contributed by atoms with Crippen LogP contribution in [-0.2, 0) is 0 Å². The van der Waals surface area contributed by atoms with Gasteiger partial charge in [0.1, 0.15) is 0 Å². The van der Waals surface area contributed by atoms with Gasteiger partial charge in [0.2, 0.25) is 0 Å². The monoisotopic (exact) mass is 346 g/mol. The fourth-order valence-electron chi connectivity index (χ4n) is 2.89. The quantitative estimate of drug-likeness (QED) is 0.524. The van der Waals surface area contributed by atoms with E-state index in [4.69, 9.17) is 0 Å². The summed E-state index contributed by atoms with van der Waals surface area (Å²) in [5, 5.41) is 2.46. The van der Waals surface area contributed by atoms with Crippen LogP contribution < -0.4 is 0 Å². The average molecular weight is 347 g/mol. The van der Waals surface area contributed by atoms with Crippen LogP contribution in [-0.4, -0.2) is 12.9 Å². The van der Waals surface area contributed by atoms with Gasteiger partial charge >= 0.3 is 140 Å². The number of rotatable bonds is 3. The summed E-state index contributed by atoms with van der Waals surface area (Å²) >= 11 is 3.76. The maximum absolute atomic E-state index is 4.01. The van der Waals surface area contributed by atoms with E-state index in [9.17, 15) is 0 Å². The van der Waals surface area contributed by atoms with Gasteiger partial charge in [0.25, 0.3) is 0 Å². The first kappa shape index (κ1) is 15.0. The summed E-state index contributed by atoms with van der Waals surface area (Å²) in [6.07, 6.45) is 1.93. The van der Waals surface area contributed by atoms with E-state index in [1.165, 1.54) is 27.5 Å². The molecule has 0 heterocycles. The molecule has 0 nitrogen and oxygen atoms in total. The molecule has 0 aliphatic heterocycles. The van der Waals surface area contributed by atoms with Crippen LogP contribution in [0.4, 0.5) is 0 Å². The van der Waals surface area contributed by atoms with Crippen LogP contribution in [0.1, 0.15) is 11.1 Å². The molecule has 3 aromatic carbocycles. The van der Waals surface area contributed by atoms with E-state index in [1.807, 2.05) is 19.0 Å². The molecule has 0 saturated heterocycles. The molecule has 2 heteroatoms. The Hall–Kier alpha value is -1.93. The molecule has 0 bridgehead atoms. The molecule has 22 heavy (non-hydrogen) atoms. The Kier molecular flexibility index (Phi) is 4.40. The summed E-state index contributed by atoms with van der Waals surface area (Å²) in [6.45, 7) is 8.14. The predicted molar refractivity (Wildman–Crippen MR) is 104 cm³/mol. The minimum atomic E-state index is 1.10. The van der Waals surface area contributed by atoms with Gasteiger partial charge in [0.05, 0.1) is 0 Å². The van der Waals surface area contributed by atoms with Gasteiger partial charge in [-0.05, 0) is 0 Å². The van der Waals surface area contributed by atoms with E-state index in [0.717, 1.165) is 10.0 Å². The van der Waals surface area contributed by atoms with Crippen molar-refractivity contribution in [3.05, 3.63) is 76.8 Å². The standard InChI is InChI=1S/C20H16BBr/c1-3-15-18(13-21-2)19(14-9-5-4-6-10-14)16-11-7-8-12-17(16)20(15)22/h3-13H,1H2,2H3. The van der Waals surface area contributed by atoms with E-state index in [-0.39, 0.29) is 0 Å².